The van der Waals surface area contributed by atoms with Gasteiger partial charge in [0, 0.05) is 26.2 Å². The molecule has 1 saturated heterocycles. The van der Waals surface area contributed by atoms with Crippen LogP contribution in [0.1, 0.15) is 37.0 Å². The van der Waals surface area contributed by atoms with Crippen molar-refractivity contribution in [2.45, 2.75) is 38.4 Å². The van der Waals surface area contributed by atoms with Gasteiger partial charge in [-0.3, -0.25) is 9.69 Å². The molecule has 0 spiro atoms. The first kappa shape index (κ1) is 23.4. The summed E-state index contributed by atoms with van der Waals surface area (Å²) in [4.78, 5) is 15.6. The predicted octanol–water partition coefficient (Wildman–Crippen LogP) is 4.32. The Balaban J connectivity index is 1.56. The van der Waals surface area contributed by atoms with E-state index >= 15 is 0 Å². The maximum Gasteiger partial charge on any atom is 0.471 e. The molecule has 5 nitrogen and oxygen atoms in total. The lowest BCUT2D eigenvalue weighted by Gasteiger charge is -2.46. The SMILES string of the molecule is CCC1CN(CCOc2ccc([C@]3(C)c4ccc(O)cc4CCN3C(=O)C(F)(F)F)cc2)C1. The summed E-state index contributed by atoms with van der Waals surface area (Å²) >= 11 is 0. The van der Waals surface area contributed by atoms with Gasteiger partial charge >= 0.3 is 12.1 Å². The lowest BCUT2D eigenvalue weighted by atomic mass is 9.77. The van der Waals surface area contributed by atoms with Crippen LogP contribution in [0.5, 0.6) is 11.5 Å². The zero-order valence-corrected chi connectivity index (χ0v) is 18.9. The number of benzene rings is 2. The van der Waals surface area contributed by atoms with E-state index in [4.69, 9.17) is 4.74 Å². The highest BCUT2D eigenvalue weighted by Gasteiger charge is 2.51. The zero-order chi connectivity index (χ0) is 23.8. The third kappa shape index (κ3) is 4.53. The minimum absolute atomic E-state index is 0.0444. The van der Waals surface area contributed by atoms with Crippen molar-refractivity contribution >= 4 is 5.91 Å². The molecular weight excluding hydrogens is 433 g/mol. The predicted molar refractivity (Wildman–Crippen MR) is 118 cm³/mol. The molecule has 0 radical (unpaired) electrons. The topological polar surface area (TPSA) is 53.0 Å². The number of hydrogen-bond donors (Lipinski definition) is 1. The summed E-state index contributed by atoms with van der Waals surface area (Å²) in [5, 5.41) is 9.86. The molecule has 0 aliphatic carbocycles. The molecule has 0 aromatic heterocycles. The van der Waals surface area contributed by atoms with Crippen LogP contribution in [0.25, 0.3) is 0 Å². The lowest BCUT2D eigenvalue weighted by molar-refractivity contribution is -0.191. The van der Waals surface area contributed by atoms with Gasteiger partial charge in [0.05, 0.1) is 5.54 Å². The molecule has 178 valence electrons. The van der Waals surface area contributed by atoms with Gasteiger partial charge in [0.2, 0.25) is 0 Å². The minimum Gasteiger partial charge on any atom is -0.508 e. The van der Waals surface area contributed by atoms with Crippen molar-refractivity contribution in [2.24, 2.45) is 5.92 Å². The molecule has 2 aliphatic rings. The van der Waals surface area contributed by atoms with Crippen LogP contribution in [0.3, 0.4) is 0 Å². The third-order valence-corrected chi connectivity index (χ3v) is 6.95. The van der Waals surface area contributed by atoms with Crippen molar-refractivity contribution in [3.8, 4) is 11.5 Å². The van der Waals surface area contributed by atoms with Crippen molar-refractivity contribution in [3.63, 3.8) is 0 Å². The van der Waals surface area contributed by atoms with Gasteiger partial charge in [0.25, 0.3) is 0 Å². The fraction of sp³-hybridized carbons (Fsp3) is 0.480. The molecule has 0 saturated carbocycles. The van der Waals surface area contributed by atoms with E-state index in [0.717, 1.165) is 36.0 Å². The number of halogens is 3. The Bertz CT molecular complexity index is 1000. The fourth-order valence-electron chi connectivity index (χ4n) is 4.92. The van der Waals surface area contributed by atoms with Crippen LogP contribution in [-0.2, 0) is 16.8 Å². The molecule has 0 bridgehead atoms. The Morgan fingerprint density at radius 1 is 1.18 bits per heavy atom. The Hall–Kier alpha value is -2.74. The second-order valence-corrected chi connectivity index (χ2v) is 9.02. The third-order valence-electron chi connectivity index (χ3n) is 6.95. The number of ether oxygens (including phenoxy) is 1. The number of hydrogen-bond acceptors (Lipinski definition) is 4. The van der Waals surface area contributed by atoms with Gasteiger partial charge in [-0.25, -0.2) is 0 Å². The maximum absolute atomic E-state index is 13.4. The second-order valence-electron chi connectivity index (χ2n) is 9.02. The molecule has 33 heavy (non-hydrogen) atoms. The van der Waals surface area contributed by atoms with Crippen LogP contribution in [0.2, 0.25) is 0 Å². The van der Waals surface area contributed by atoms with Crippen LogP contribution in [0.4, 0.5) is 13.2 Å². The fourth-order valence-corrected chi connectivity index (χ4v) is 4.92. The number of rotatable bonds is 6. The zero-order valence-electron chi connectivity index (χ0n) is 18.9. The van der Waals surface area contributed by atoms with Crippen molar-refractivity contribution in [1.29, 1.82) is 0 Å². The highest BCUT2D eigenvalue weighted by molar-refractivity contribution is 5.84. The summed E-state index contributed by atoms with van der Waals surface area (Å²) in [6.07, 6.45) is -3.56. The van der Waals surface area contributed by atoms with Gasteiger partial charge in [-0.05, 0) is 60.2 Å². The quantitative estimate of drug-likeness (QED) is 0.695. The van der Waals surface area contributed by atoms with E-state index in [-0.39, 0.29) is 18.7 Å². The molecule has 4 rings (SSSR count). The summed E-state index contributed by atoms with van der Waals surface area (Å²) < 4.78 is 46.1. The molecule has 2 aromatic rings. The van der Waals surface area contributed by atoms with E-state index in [1.807, 2.05) is 0 Å². The summed E-state index contributed by atoms with van der Waals surface area (Å²) in [5.74, 6) is -0.426. The number of phenolic OH excluding ortho intramolecular Hbond substituents is 1. The standard InChI is InChI=1S/C25H29F3N2O3/c1-3-17-15-29(16-17)12-13-33-21-7-4-19(5-8-21)24(2)22-9-6-20(31)14-18(22)10-11-30(24)23(32)25(26,27)28/h4-9,14,17,31H,3,10-13,15-16H2,1-2H3/t24-/m1/s1. The molecule has 1 amide bonds. The molecular formula is C25H29F3N2O3. The summed E-state index contributed by atoms with van der Waals surface area (Å²) in [5.41, 5.74) is 0.511. The first-order chi connectivity index (χ1) is 15.6. The Kier molecular flexibility index (Phi) is 6.31. The van der Waals surface area contributed by atoms with Crippen LogP contribution in [0, 0.1) is 5.92 Å². The molecule has 1 fully saturated rings. The normalized spacial score (nSPS) is 21.4. The van der Waals surface area contributed by atoms with Gasteiger partial charge in [-0.15, -0.1) is 0 Å². The van der Waals surface area contributed by atoms with Gasteiger partial charge in [-0.1, -0.05) is 31.5 Å². The van der Waals surface area contributed by atoms with Crippen LogP contribution in [-0.4, -0.2) is 59.8 Å². The molecule has 2 aliphatic heterocycles. The van der Waals surface area contributed by atoms with E-state index in [1.54, 1.807) is 43.3 Å². The summed E-state index contributed by atoms with van der Waals surface area (Å²) in [6, 6.07) is 11.5. The Morgan fingerprint density at radius 3 is 2.52 bits per heavy atom. The van der Waals surface area contributed by atoms with E-state index in [0.29, 0.717) is 23.5 Å². The lowest BCUT2D eigenvalue weighted by Crippen LogP contribution is -2.56. The minimum atomic E-state index is -4.98. The van der Waals surface area contributed by atoms with Crippen LogP contribution >= 0.6 is 0 Å². The molecule has 0 unspecified atom stereocenters. The number of likely N-dealkylation sites (tertiary alicyclic amines) is 1. The number of alkyl halides is 3. The van der Waals surface area contributed by atoms with Crippen molar-refractivity contribution in [2.75, 3.05) is 32.8 Å². The van der Waals surface area contributed by atoms with Gasteiger partial charge in [0.15, 0.2) is 0 Å². The molecule has 1 N–H and O–H groups in total. The number of carbonyl (C=O) groups excluding carboxylic acids is 1. The molecule has 2 aromatic carbocycles. The van der Waals surface area contributed by atoms with E-state index in [2.05, 4.69) is 11.8 Å². The van der Waals surface area contributed by atoms with E-state index in [1.165, 1.54) is 12.5 Å². The van der Waals surface area contributed by atoms with Crippen molar-refractivity contribution in [1.82, 2.24) is 9.80 Å². The van der Waals surface area contributed by atoms with Gasteiger partial charge in [-0.2, -0.15) is 13.2 Å². The summed E-state index contributed by atoms with van der Waals surface area (Å²) in [7, 11) is 0. The Labute approximate surface area is 191 Å². The highest BCUT2D eigenvalue weighted by atomic mass is 19.4. The largest absolute Gasteiger partial charge is 0.508 e. The summed E-state index contributed by atoms with van der Waals surface area (Å²) in [6.45, 7) is 7.27. The number of amides is 1. The van der Waals surface area contributed by atoms with E-state index < -0.39 is 17.6 Å². The monoisotopic (exact) mass is 462 g/mol. The first-order valence-electron chi connectivity index (χ1n) is 11.3. The highest BCUT2D eigenvalue weighted by Crippen LogP contribution is 2.44. The second kappa shape index (κ2) is 8.89. The average Bonchev–Trinajstić information content (AvgIpc) is 2.74. The average molecular weight is 463 g/mol. The Morgan fingerprint density at radius 2 is 1.88 bits per heavy atom. The number of carbonyl (C=O) groups is 1. The van der Waals surface area contributed by atoms with Gasteiger partial charge < -0.3 is 14.7 Å². The van der Waals surface area contributed by atoms with Crippen LogP contribution < -0.4 is 4.74 Å². The van der Waals surface area contributed by atoms with Crippen molar-refractivity contribution in [3.05, 3.63) is 59.2 Å². The van der Waals surface area contributed by atoms with Crippen LogP contribution in [0.15, 0.2) is 42.5 Å². The number of phenols is 1. The smallest absolute Gasteiger partial charge is 0.471 e. The first-order valence-corrected chi connectivity index (χ1v) is 11.3. The van der Waals surface area contributed by atoms with Gasteiger partial charge in [0.1, 0.15) is 18.1 Å². The van der Waals surface area contributed by atoms with E-state index in [9.17, 15) is 23.1 Å². The number of nitrogens with zero attached hydrogens (tertiary/aromatic N) is 2. The molecule has 1 atom stereocenters. The molecule has 2 heterocycles. The number of aromatic hydroxyl groups is 1. The van der Waals surface area contributed by atoms with Crippen molar-refractivity contribution < 1.29 is 27.8 Å². The molecule has 8 heteroatoms. The maximum atomic E-state index is 13.4. The number of fused-ring (bicyclic) bond motifs is 1.